The lowest BCUT2D eigenvalue weighted by Crippen LogP contribution is -2.56. The minimum Gasteiger partial charge on any atom is -0.356 e. The molecule has 2 atom stereocenters. The van der Waals surface area contributed by atoms with Gasteiger partial charge in [0, 0.05) is 49.0 Å². The van der Waals surface area contributed by atoms with Crippen LogP contribution in [0.3, 0.4) is 0 Å². The smallest absolute Gasteiger partial charge is 0.191 e. The summed E-state index contributed by atoms with van der Waals surface area (Å²) in [5.74, 6) is 2.05. The highest BCUT2D eigenvalue weighted by atomic mass is 127. The summed E-state index contributed by atoms with van der Waals surface area (Å²) in [5.41, 5.74) is 0. The zero-order chi connectivity index (χ0) is 16.8. The van der Waals surface area contributed by atoms with Gasteiger partial charge in [0.25, 0.3) is 0 Å². The molecule has 25 heavy (non-hydrogen) atoms. The number of rotatable bonds is 6. The fourth-order valence-corrected chi connectivity index (χ4v) is 5.49. The molecule has 0 radical (unpaired) electrons. The van der Waals surface area contributed by atoms with Crippen LogP contribution in [0.15, 0.2) is 20.9 Å². The maximum Gasteiger partial charge on any atom is 0.191 e. The molecule has 1 aromatic heterocycles. The predicted molar refractivity (Wildman–Crippen MR) is 120 cm³/mol. The summed E-state index contributed by atoms with van der Waals surface area (Å²) in [6.45, 7) is 0.956. The molecule has 2 aliphatic rings. The largest absolute Gasteiger partial charge is 0.356 e. The Morgan fingerprint density at radius 1 is 1.40 bits per heavy atom. The highest BCUT2D eigenvalue weighted by molar-refractivity contribution is 14.0. The minimum atomic E-state index is 0. The van der Waals surface area contributed by atoms with Gasteiger partial charge in [-0.25, -0.2) is 4.98 Å². The first kappa shape index (κ1) is 21.2. The standard InChI is InChI=1S/C17H29N5S2.HI/c1-18-16(19-7-4-9-23-17-20-8-10-24-17)21-13-11-14-5-3-6-15(12-13)22(14)2;/h8,10,13-15H,3-7,9,11-12H2,1-2H3,(H2,18,19,21);1H. The van der Waals surface area contributed by atoms with Gasteiger partial charge in [0.05, 0.1) is 0 Å². The molecule has 0 amide bonds. The molecule has 2 aliphatic heterocycles. The van der Waals surface area contributed by atoms with Gasteiger partial charge in [-0.3, -0.25) is 4.99 Å². The van der Waals surface area contributed by atoms with Crippen molar-refractivity contribution in [2.75, 3.05) is 26.4 Å². The third-order valence-corrected chi connectivity index (χ3v) is 7.21. The van der Waals surface area contributed by atoms with Gasteiger partial charge in [-0.15, -0.1) is 35.3 Å². The summed E-state index contributed by atoms with van der Waals surface area (Å²) in [4.78, 5) is 11.3. The topological polar surface area (TPSA) is 52.6 Å². The van der Waals surface area contributed by atoms with E-state index in [0.717, 1.165) is 41.1 Å². The Morgan fingerprint density at radius 3 is 2.80 bits per heavy atom. The zero-order valence-corrected chi connectivity index (χ0v) is 19.1. The Bertz CT molecular complexity index is 511. The number of guanidine groups is 1. The Balaban J connectivity index is 0.00000225. The van der Waals surface area contributed by atoms with E-state index >= 15 is 0 Å². The van der Waals surface area contributed by atoms with Crippen molar-refractivity contribution in [3.63, 3.8) is 0 Å². The van der Waals surface area contributed by atoms with E-state index < -0.39 is 0 Å². The number of aliphatic imine (C=N–C) groups is 1. The van der Waals surface area contributed by atoms with E-state index in [-0.39, 0.29) is 24.0 Å². The molecule has 2 bridgehead atoms. The van der Waals surface area contributed by atoms with E-state index in [0.29, 0.717) is 6.04 Å². The molecule has 3 rings (SSSR count). The van der Waals surface area contributed by atoms with Gasteiger partial charge in [-0.05, 0) is 39.2 Å². The second-order valence-corrected chi connectivity index (χ2v) is 8.95. The Labute approximate surface area is 176 Å². The van der Waals surface area contributed by atoms with Gasteiger partial charge >= 0.3 is 0 Å². The third-order valence-electron chi connectivity index (χ3n) is 5.15. The Hall–Kier alpha value is -0.0600. The summed E-state index contributed by atoms with van der Waals surface area (Å²) >= 11 is 3.55. The summed E-state index contributed by atoms with van der Waals surface area (Å²) < 4.78 is 1.16. The second kappa shape index (κ2) is 10.9. The van der Waals surface area contributed by atoms with E-state index in [2.05, 4.69) is 32.6 Å². The molecular weight excluding hydrogens is 465 g/mol. The number of thioether (sulfide) groups is 1. The van der Waals surface area contributed by atoms with Crippen molar-refractivity contribution in [1.29, 1.82) is 0 Å². The molecule has 2 fully saturated rings. The number of halogens is 1. The van der Waals surface area contributed by atoms with E-state index in [4.69, 9.17) is 0 Å². The molecule has 142 valence electrons. The van der Waals surface area contributed by atoms with Crippen LogP contribution < -0.4 is 10.6 Å². The molecule has 0 aromatic carbocycles. The summed E-state index contributed by atoms with van der Waals surface area (Å²) in [5, 5.41) is 9.15. The quantitative estimate of drug-likeness (QED) is 0.208. The van der Waals surface area contributed by atoms with Crippen molar-refractivity contribution in [3.8, 4) is 0 Å². The van der Waals surface area contributed by atoms with Crippen LogP contribution in [0.4, 0.5) is 0 Å². The molecule has 0 saturated carbocycles. The summed E-state index contributed by atoms with van der Waals surface area (Å²) in [6.07, 6.45) is 9.57. The first-order valence-corrected chi connectivity index (χ1v) is 10.8. The van der Waals surface area contributed by atoms with Crippen molar-refractivity contribution < 1.29 is 0 Å². The molecule has 2 unspecified atom stereocenters. The van der Waals surface area contributed by atoms with Crippen LogP contribution in [-0.2, 0) is 0 Å². The van der Waals surface area contributed by atoms with Gasteiger partial charge in [0.2, 0.25) is 0 Å². The number of hydrogen-bond acceptors (Lipinski definition) is 5. The number of fused-ring (bicyclic) bond motifs is 2. The second-order valence-electron chi connectivity index (χ2n) is 6.72. The fraction of sp³-hybridized carbons (Fsp3) is 0.765. The predicted octanol–water partition coefficient (Wildman–Crippen LogP) is 3.42. The Kier molecular flexibility index (Phi) is 9.29. The van der Waals surface area contributed by atoms with Gasteiger partial charge in [-0.2, -0.15) is 0 Å². The number of nitrogens with one attached hydrogen (secondary N) is 2. The summed E-state index contributed by atoms with van der Waals surface area (Å²) in [6, 6.07) is 2.07. The van der Waals surface area contributed by atoms with Crippen LogP contribution in [0.25, 0.3) is 0 Å². The van der Waals surface area contributed by atoms with Crippen LogP contribution in [0.5, 0.6) is 0 Å². The number of piperidine rings is 2. The number of thiazole rings is 1. The lowest BCUT2D eigenvalue weighted by molar-refractivity contribution is 0.0526. The van der Waals surface area contributed by atoms with Gasteiger partial charge in [-0.1, -0.05) is 18.2 Å². The number of nitrogens with zero attached hydrogens (tertiary/aromatic N) is 3. The third kappa shape index (κ3) is 6.25. The molecule has 3 heterocycles. The molecular formula is C17H30IN5S2. The average Bonchev–Trinajstić information content (AvgIpc) is 3.07. The number of aromatic nitrogens is 1. The Morgan fingerprint density at radius 2 is 2.16 bits per heavy atom. The van der Waals surface area contributed by atoms with Gasteiger partial charge in [0.1, 0.15) is 4.34 Å². The van der Waals surface area contributed by atoms with Crippen molar-refractivity contribution in [2.24, 2.45) is 4.99 Å². The van der Waals surface area contributed by atoms with E-state index in [1.807, 2.05) is 30.4 Å². The first-order valence-electron chi connectivity index (χ1n) is 8.97. The maximum atomic E-state index is 4.41. The molecule has 2 saturated heterocycles. The molecule has 0 aliphatic carbocycles. The van der Waals surface area contributed by atoms with Crippen LogP contribution in [0.2, 0.25) is 0 Å². The molecule has 5 nitrogen and oxygen atoms in total. The normalized spacial score (nSPS) is 26.8. The zero-order valence-electron chi connectivity index (χ0n) is 15.1. The van der Waals surface area contributed by atoms with Gasteiger partial charge < -0.3 is 15.5 Å². The van der Waals surface area contributed by atoms with Crippen LogP contribution >= 0.6 is 47.1 Å². The van der Waals surface area contributed by atoms with E-state index in [9.17, 15) is 0 Å². The van der Waals surface area contributed by atoms with Crippen molar-refractivity contribution in [1.82, 2.24) is 20.5 Å². The van der Waals surface area contributed by atoms with Gasteiger partial charge in [0.15, 0.2) is 5.96 Å². The molecule has 1 aromatic rings. The highest BCUT2D eigenvalue weighted by Crippen LogP contribution is 2.32. The van der Waals surface area contributed by atoms with Crippen LogP contribution in [-0.4, -0.2) is 60.4 Å². The maximum absolute atomic E-state index is 4.41. The highest BCUT2D eigenvalue weighted by Gasteiger charge is 2.36. The van der Waals surface area contributed by atoms with Crippen LogP contribution in [0.1, 0.15) is 38.5 Å². The molecule has 0 spiro atoms. The van der Waals surface area contributed by atoms with E-state index in [1.54, 1.807) is 11.3 Å². The van der Waals surface area contributed by atoms with Crippen molar-refractivity contribution in [2.45, 2.75) is 61.0 Å². The summed E-state index contributed by atoms with van der Waals surface area (Å²) in [7, 11) is 4.17. The van der Waals surface area contributed by atoms with Crippen LogP contribution in [0, 0.1) is 0 Å². The van der Waals surface area contributed by atoms with E-state index in [1.165, 1.54) is 32.1 Å². The monoisotopic (exact) mass is 495 g/mol. The number of hydrogen-bond donors (Lipinski definition) is 2. The molecule has 8 heteroatoms. The SMILES string of the molecule is CN=C(NCCCSc1nccs1)NC1CC2CCCC(C1)N2C.I. The lowest BCUT2D eigenvalue weighted by Gasteiger charge is -2.47. The van der Waals surface area contributed by atoms with Crippen molar-refractivity contribution in [3.05, 3.63) is 11.6 Å². The minimum absolute atomic E-state index is 0. The molecule has 2 N–H and O–H groups in total. The first-order chi connectivity index (χ1) is 11.8. The fourth-order valence-electron chi connectivity index (χ4n) is 3.84. The van der Waals surface area contributed by atoms with Crippen molar-refractivity contribution >= 4 is 53.0 Å². The average molecular weight is 496 g/mol. The lowest BCUT2D eigenvalue weighted by atomic mass is 9.82.